The first-order chi connectivity index (χ1) is 9.43. The molecule has 0 spiro atoms. The molecule has 2 rings (SSSR count). The van der Waals surface area contributed by atoms with Gasteiger partial charge < -0.3 is 15.8 Å². The number of sulfone groups is 1. The molecule has 1 aliphatic heterocycles. The Hall–Kier alpha value is -1.31. The Bertz CT molecular complexity index is 497. The molecule has 0 aromatic heterocycles. The smallest absolute Gasteiger partial charge is 0.227 e. The molecule has 7 nitrogen and oxygen atoms in total. The number of carbonyl (C=O) groups excluding carboxylic acids is 1. The summed E-state index contributed by atoms with van der Waals surface area (Å²) >= 11 is 0. The maximum Gasteiger partial charge on any atom is 0.227 e. The van der Waals surface area contributed by atoms with Crippen molar-refractivity contribution in [3.63, 3.8) is 0 Å². The van der Waals surface area contributed by atoms with E-state index in [-0.39, 0.29) is 35.8 Å². The summed E-state index contributed by atoms with van der Waals surface area (Å²) in [5.74, 6) is -0.681. The van der Waals surface area contributed by atoms with E-state index in [0.29, 0.717) is 6.42 Å². The summed E-state index contributed by atoms with van der Waals surface area (Å²) in [4.78, 5) is 14.1. The molecule has 0 bridgehead atoms. The van der Waals surface area contributed by atoms with Crippen molar-refractivity contribution < 1.29 is 18.4 Å². The SMILES string of the molecule is NC(CN(C(=O)C1CCS(=O)(=O)C1)C1CCCC1)=NO. The van der Waals surface area contributed by atoms with Crippen LogP contribution in [-0.2, 0) is 14.6 Å². The minimum Gasteiger partial charge on any atom is -0.409 e. The van der Waals surface area contributed by atoms with Crippen LogP contribution in [0.4, 0.5) is 0 Å². The second-order valence-corrected chi connectivity index (χ2v) is 7.82. The van der Waals surface area contributed by atoms with Crippen molar-refractivity contribution in [3.05, 3.63) is 0 Å². The maximum absolute atomic E-state index is 12.5. The second-order valence-electron chi connectivity index (χ2n) is 5.60. The van der Waals surface area contributed by atoms with Crippen molar-refractivity contribution in [2.24, 2.45) is 16.8 Å². The number of amides is 1. The molecule has 20 heavy (non-hydrogen) atoms. The van der Waals surface area contributed by atoms with Crippen molar-refractivity contribution in [2.45, 2.75) is 38.1 Å². The van der Waals surface area contributed by atoms with Gasteiger partial charge in [0.1, 0.15) is 0 Å². The van der Waals surface area contributed by atoms with Gasteiger partial charge >= 0.3 is 0 Å². The third-order valence-electron chi connectivity index (χ3n) is 4.09. The van der Waals surface area contributed by atoms with Crippen molar-refractivity contribution in [1.29, 1.82) is 0 Å². The van der Waals surface area contributed by atoms with E-state index in [2.05, 4.69) is 5.16 Å². The van der Waals surface area contributed by atoms with Crippen LogP contribution in [0.2, 0.25) is 0 Å². The van der Waals surface area contributed by atoms with Crippen LogP contribution in [0.5, 0.6) is 0 Å². The van der Waals surface area contributed by atoms with E-state index >= 15 is 0 Å². The lowest BCUT2D eigenvalue weighted by Gasteiger charge is -2.30. The van der Waals surface area contributed by atoms with Gasteiger partial charge in [0.15, 0.2) is 15.7 Å². The third kappa shape index (κ3) is 3.41. The summed E-state index contributed by atoms with van der Waals surface area (Å²) in [6.07, 6.45) is 4.26. The number of amidine groups is 1. The summed E-state index contributed by atoms with van der Waals surface area (Å²) < 4.78 is 23.0. The largest absolute Gasteiger partial charge is 0.409 e. The van der Waals surface area contributed by atoms with Crippen LogP contribution in [0.25, 0.3) is 0 Å². The topological polar surface area (TPSA) is 113 Å². The third-order valence-corrected chi connectivity index (χ3v) is 5.86. The first-order valence-electron chi connectivity index (χ1n) is 6.90. The van der Waals surface area contributed by atoms with Gasteiger partial charge in [-0.05, 0) is 19.3 Å². The van der Waals surface area contributed by atoms with Crippen molar-refractivity contribution in [1.82, 2.24) is 4.90 Å². The van der Waals surface area contributed by atoms with Gasteiger partial charge in [0.25, 0.3) is 0 Å². The molecule has 8 heteroatoms. The molecule has 1 saturated carbocycles. The zero-order chi connectivity index (χ0) is 14.8. The van der Waals surface area contributed by atoms with Crippen LogP contribution in [0.1, 0.15) is 32.1 Å². The molecule has 1 saturated heterocycles. The van der Waals surface area contributed by atoms with E-state index in [1.807, 2.05) is 0 Å². The van der Waals surface area contributed by atoms with E-state index in [1.54, 1.807) is 4.90 Å². The molecule has 1 heterocycles. The number of oxime groups is 1. The van der Waals surface area contributed by atoms with Gasteiger partial charge in [-0.2, -0.15) is 0 Å². The highest BCUT2D eigenvalue weighted by atomic mass is 32.2. The van der Waals surface area contributed by atoms with Crippen LogP contribution in [0, 0.1) is 5.92 Å². The molecular weight excluding hydrogens is 282 g/mol. The Kier molecular flexibility index (Phi) is 4.52. The monoisotopic (exact) mass is 303 g/mol. The highest BCUT2D eigenvalue weighted by Gasteiger charge is 2.38. The lowest BCUT2D eigenvalue weighted by molar-refractivity contribution is -0.136. The van der Waals surface area contributed by atoms with Gasteiger partial charge in [-0.25, -0.2) is 8.42 Å². The van der Waals surface area contributed by atoms with Crippen molar-refractivity contribution in [3.8, 4) is 0 Å². The fourth-order valence-electron chi connectivity index (χ4n) is 3.03. The minimum atomic E-state index is -3.09. The lowest BCUT2D eigenvalue weighted by Crippen LogP contribution is -2.47. The van der Waals surface area contributed by atoms with Crippen LogP contribution >= 0.6 is 0 Å². The molecule has 0 aromatic carbocycles. The molecule has 2 fully saturated rings. The molecule has 3 N–H and O–H groups in total. The Balaban J connectivity index is 2.11. The molecule has 1 unspecified atom stereocenters. The maximum atomic E-state index is 12.5. The predicted molar refractivity (Wildman–Crippen MR) is 74.1 cm³/mol. The summed E-state index contributed by atoms with van der Waals surface area (Å²) in [6, 6.07) is 0.0751. The van der Waals surface area contributed by atoms with Gasteiger partial charge in [0.05, 0.1) is 24.0 Å². The Morgan fingerprint density at radius 2 is 1.95 bits per heavy atom. The average molecular weight is 303 g/mol. The van der Waals surface area contributed by atoms with Gasteiger partial charge in [0.2, 0.25) is 5.91 Å². The predicted octanol–water partition coefficient (Wildman–Crippen LogP) is -0.0613. The Labute approximate surface area is 118 Å². The van der Waals surface area contributed by atoms with Crippen LogP contribution in [0.15, 0.2) is 5.16 Å². The molecule has 1 atom stereocenters. The molecular formula is C12H21N3O4S. The van der Waals surface area contributed by atoms with E-state index in [4.69, 9.17) is 10.9 Å². The van der Waals surface area contributed by atoms with E-state index in [0.717, 1.165) is 25.7 Å². The zero-order valence-corrected chi connectivity index (χ0v) is 12.2. The highest BCUT2D eigenvalue weighted by Crippen LogP contribution is 2.27. The summed E-state index contributed by atoms with van der Waals surface area (Å²) in [6.45, 7) is 0.0660. The van der Waals surface area contributed by atoms with E-state index < -0.39 is 15.8 Å². The summed E-state index contributed by atoms with van der Waals surface area (Å²) in [7, 11) is -3.09. The molecule has 2 aliphatic rings. The fraction of sp³-hybridized carbons (Fsp3) is 0.833. The van der Waals surface area contributed by atoms with Gasteiger partial charge in [-0.1, -0.05) is 18.0 Å². The van der Waals surface area contributed by atoms with Gasteiger partial charge in [0, 0.05) is 6.04 Å². The Morgan fingerprint density at radius 1 is 1.30 bits per heavy atom. The number of nitrogens with zero attached hydrogens (tertiary/aromatic N) is 2. The van der Waals surface area contributed by atoms with Gasteiger partial charge in [-0.15, -0.1) is 0 Å². The molecule has 0 radical (unpaired) electrons. The normalized spacial score (nSPS) is 26.8. The van der Waals surface area contributed by atoms with Crippen LogP contribution in [-0.4, -0.2) is 54.4 Å². The van der Waals surface area contributed by atoms with Crippen LogP contribution < -0.4 is 5.73 Å². The number of hydrogen-bond acceptors (Lipinski definition) is 5. The first-order valence-corrected chi connectivity index (χ1v) is 8.72. The zero-order valence-electron chi connectivity index (χ0n) is 11.4. The number of hydrogen-bond donors (Lipinski definition) is 2. The van der Waals surface area contributed by atoms with Crippen molar-refractivity contribution in [2.75, 3.05) is 18.1 Å². The first kappa shape index (κ1) is 15.1. The molecule has 1 amide bonds. The number of nitrogens with two attached hydrogens (primary N) is 1. The number of rotatable bonds is 4. The van der Waals surface area contributed by atoms with Gasteiger partial charge in [-0.3, -0.25) is 4.79 Å². The minimum absolute atomic E-state index is 0.0221. The summed E-state index contributed by atoms with van der Waals surface area (Å²) in [5.41, 5.74) is 5.52. The van der Waals surface area contributed by atoms with Crippen LogP contribution in [0.3, 0.4) is 0 Å². The fourth-order valence-corrected chi connectivity index (χ4v) is 4.77. The van der Waals surface area contributed by atoms with E-state index in [9.17, 15) is 13.2 Å². The second kappa shape index (κ2) is 5.99. The Morgan fingerprint density at radius 3 is 2.45 bits per heavy atom. The molecule has 114 valence electrons. The van der Waals surface area contributed by atoms with Crippen molar-refractivity contribution >= 4 is 21.6 Å². The average Bonchev–Trinajstić information content (AvgIpc) is 3.04. The lowest BCUT2D eigenvalue weighted by atomic mass is 10.1. The molecule has 1 aliphatic carbocycles. The quantitative estimate of drug-likeness (QED) is 0.327. The standard InChI is InChI=1S/C12H21N3O4S/c13-11(14-17)7-15(10-3-1-2-4-10)12(16)9-5-6-20(18,19)8-9/h9-10,17H,1-8H2,(H2,13,14). The molecule has 0 aromatic rings. The van der Waals surface area contributed by atoms with E-state index in [1.165, 1.54) is 0 Å². The summed E-state index contributed by atoms with van der Waals surface area (Å²) in [5, 5.41) is 11.6. The number of carbonyl (C=O) groups is 1. The highest BCUT2D eigenvalue weighted by molar-refractivity contribution is 7.91.